The summed E-state index contributed by atoms with van der Waals surface area (Å²) in [6.45, 7) is 4.84. The number of benzene rings is 2. The standard InChI is InChI=1S/C24H22FN3O2/c1-3-30-23-10-17(7-8-20(23)16-5-4-6-19(25)9-16)24(29)28-15(2)21-13-26-11-18-12-27-14-22(18)21/h4-13,15H,3,14H2,1-2H3,(H,28,29)/t15-/m0/s1. The van der Waals surface area contributed by atoms with Gasteiger partial charge in [0.05, 0.1) is 19.2 Å². The molecule has 0 unspecified atom stereocenters. The minimum atomic E-state index is -0.321. The Morgan fingerprint density at radius 1 is 1.23 bits per heavy atom. The molecular weight excluding hydrogens is 381 g/mol. The highest BCUT2D eigenvalue weighted by Gasteiger charge is 2.19. The molecule has 0 fully saturated rings. The molecule has 0 spiro atoms. The number of ether oxygens (including phenoxy) is 1. The molecule has 1 aromatic heterocycles. The number of carbonyl (C=O) groups excluding carboxylic acids is 1. The molecule has 5 nitrogen and oxygen atoms in total. The normalized spacial score (nSPS) is 13.0. The predicted octanol–water partition coefficient (Wildman–Crippen LogP) is 4.71. The largest absolute Gasteiger partial charge is 0.493 e. The van der Waals surface area contributed by atoms with Crippen molar-refractivity contribution in [3.63, 3.8) is 0 Å². The summed E-state index contributed by atoms with van der Waals surface area (Å²) < 4.78 is 19.4. The molecule has 1 N–H and O–H groups in total. The molecule has 30 heavy (non-hydrogen) atoms. The van der Waals surface area contributed by atoms with Crippen LogP contribution in [0.5, 0.6) is 5.75 Å². The minimum Gasteiger partial charge on any atom is -0.493 e. The van der Waals surface area contributed by atoms with Gasteiger partial charge >= 0.3 is 0 Å². The van der Waals surface area contributed by atoms with E-state index in [9.17, 15) is 9.18 Å². The zero-order chi connectivity index (χ0) is 21.1. The number of aliphatic imine (C=N–C) groups is 1. The van der Waals surface area contributed by atoms with Crippen molar-refractivity contribution in [3.8, 4) is 16.9 Å². The van der Waals surface area contributed by atoms with Crippen LogP contribution in [0, 0.1) is 5.82 Å². The van der Waals surface area contributed by atoms with Crippen LogP contribution in [0.15, 0.2) is 59.9 Å². The van der Waals surface area contributed by atoms with E-state index in [1.165, 1.54) is 12.1 Å². The van der Waals surface area contributed by atoms with Gasteiger partial charge in [-0.05, 0) is 60.9 Å². The van der Waals surface area contributed by atoms with E-state index in [1.807, 2.05) is 19.9 Å². The highest BCUT2D eigenvalue weighted by atomic mass is 19.1. The second kappa shape index (κ2) is 8.45. The summed E-state index contributed by atoms with van der Waals surface area (Å²) in [6.07, 6.45) is 5.36. The van der Waals surface area contributed by atoms with Crippen LogP contribution in [-0.2, 0) is 6.54 Å². The predicted molar refractivity (Wildman–Crippen MR) is 114 cm³/mol. The Morgan fingerprint density at radius 2 is 2.10 bits per heavy atom. The molecule has 2 heterocycles. The highest BCUT2D eigenvalue weighted by Crippen LogP contribution is 2.32. The highest BCUT2D eigenvalue weighted by molar-refractivity contribution is 5.96. The molecule has 0 aliphatic carbocycles. The molecule has 4 rings (SSSR count). The van der Waals surface area contributed by atoms with Crippen molar-refractivity contribution < 1.29 is 13.9 Å². The van der Waals surface area contributed by atoms with Crippen molar-refractivity contribution in [1.82, 2.24) is 10.3 Å². The quantitative estimate of drug-likeness (QED) is 0.648. The zero-order valence-electron chi connectivity index (χ0n) is 16.9. The van der Waals surface area contributed by atoms with E-state index in [0.717, 1.165) is 22.3 Å². The van der Waals surface area contributed by atoms with Gasteiger partial charge in [0.25, 0.3) is 5.91 Å². The second-order valence-electron chi connectivity index (χ2n) is 7.12. The lowest BCUT2D eigenvalue weighted by Crippen LogP contribution is -2.27. The summed E-state index contributed by atoms with van der Waals surface area (Å²) in [7, 11) is 0. The molecule has 6 heteroatoms. The van der Waals surface area contributed by atoms with Gasteiger partial charge in [-0.2, -0.15) is 0 Å². The third-order valence-corrected chi connectivity index (χ3v) is 5.10. The Kier molecular flexibility index (Phi) is 5.57. The molecular formula is C24H22FN3O2. The minimum absolute atomic E-state index is 0.217. The summed E-state index contributed by atoms with van der Waals surface area (Å²) in [4.78, 5) is 21.5. The van der Waals surface area contributed by atoms with Crippen LogP contribution in [0.2, 0.25) is 0 Å². The monoisotopic (exact) mass is 403 g/mol. The topological polar surface area (TPSA) is 63.6 Å². The van der Waals surface area contributed by atoms with Crippen molar-refractivity contribution in [2.45, 2.75) is 26.4 Å². The maximum absolute atomic E-state index is 13.7. The van der Waals surface area contributed by atoms with Gasteiger partial charge in [0.15, 0.2) is 0 Å². The number of hydrogen-bond acceptors (Lipinski definition) is 4. The number of hydrogen-bond donors (Lipinski definition) is 1. The van der Waals surface area contributed by atoms with E-state index in [2.05, 4.69) is 15.3 Å². The Balaban J connectivity index is 1.58. The first-order valence-electron chi connectivity index (χ1n) is 9.87. The number of aromatic nitrogens is 1. The molecule has 152 valence electrons. The molecule has 3 aromatic rings. The number of nitrogens with zero attached hydrogens (tertiary/aromatic N) is 2. The van der Waals surface area contributed by atoms with Crippen LogP contribution in [0.4, 0.5) is 4.39 Å². The van der Waals surface area contributed by atoms with Gasteiger partial charge in [0, 0.05) is 35.3 Å². The van der Waals surface area contributed by atoms with Crippen molar-refractivity contribution in [1.29, 1.82) is 0 Å². The van der Waals surface area contributed by atoms with E-state index in [4.69, 9.17) is 4.74 Å². The number of fused-ring (bicyclic) bond motifs is 1. The summed E-state index contributed by atoms with van der Waals surface area (Å²) in [5, 5.41) is 3.03. The van der Waals surface area contributed by atoms with Gasteiger partial charge in [0.2, 0.25) is 0 Å². The maximum Gasteiger partial charge on any atom is 0.251 e. The van der Waals surface area contributed by atoms with E-state index in [1.54, 1.807) is 42.9 Å². The Bertz CT molecular complexity index is 1130. The summed E-state index contributed by atoms with van der Waals surface area (Å²) >= 11 is 0. The van der Waals surface area contributed by atoms with Gasteiger partial charge in [-0.15, -0.1) is 0 Å². The molecule has 0 saturated carbocycles. The average molecular weight is 403 g/mol. The Hall–Kier alpha value is -3.54. The zero-order valence-corrected chi connectivity index (χ0v) is 16.9. The lowest BCUT2D eigenvalue weighted by molar-refractivity contribution is 0.0939. The van der Waals surface area contributed by atoms with Crippen molar-refractivity contribution in [2.75, 3.05) is 6.61 Å². The van der Waals surface area contributed by atoms with Crippen LogP contribution in [0.1, 0.15) is 46.9 Å². The number of rotatable bonds is 6. The lowest BCUT2D eigenvalue weighted by Gasteiger charge is -2.18. The van der Waals surface area contributed by atoms with Crippen LogP contribution in [-0.4, -0.2) is 23.7 Å². The number of carbonyl (C=O) groups is 1. The molecule has 1 aliphatic heterocycles. The molecule has 1 amide bonds. The smallest absolute Gasteiger partial charge is 0.251 e. The van der Waals surface area contributed by atoms with Crippen molar-refractivity contribution in [2.24, 2.45) is 4.99 Å². The molecule has 0 radical (unpaired) electrons. The van der Waals surface area contributed by atoms with Crippen molar-refractivity contribution >= 4 is 12.1 Å². The Labute approximate surface area is 174 Å². The Morgan fingerprint density at radius 3 is 2.90 bits per heavy atom. The summed E-state index contributed by atoms with van der Waals surface area (Å²) in [5.74, 6) is 0.00316. The third kappa shape index (κ3) is 3.94. The van der Waals surface area contributed by atoms with Crippen LogP contribution < -0.4 is 10.1 Å². The molecule has 2 aromatic carbocycles. The summed E-state index contributed by atoms with van der Waals surface area (Å²) in [6, 6.07) is 11.3. The van der Waals surface area contributed by atoms with E-state index >= 15 is 0 Å². The van der Waals surface area contributed by atoms with Crippen molar-refractivity contribution in [3.05, 3.63) is 82.9 Å². The first kappa shape index (κ1) is 19.8. The fraction of sp³-hybridized carbons (Fsp3) is 0.208. The number of pyridine rings is 1. The average Bonchev–Trinajstić information content (AvgIpc) is 3.22. The number of nitrogens with one attached hydrogen (secondary N) is 1. The fourth-order valence-electron chi connectivity index (χ4n) is 3.61. The van der Waals surface area contributed by atoms with Crippen LogP contribution in [0.3, 0.4) is 0 Å². The molecule has 0 bridgehead atoms. The van der Waals surface area contributed by atoms with E-state index in [-0.39, 0.29) is 17.8 Å². The number of amides is 1. The van der Waals surface area contributed by atoms with Gasteiger partial charge < -0.3 is 10.1 Å². The van der Waals surface area contributed by atoms with Crippen LogP contribution >= 0.6 is 0 Å². The maximum atomic E-state index is 13.7. The molecule has 1 atom stereocenters. The first-order valence-corrected chi connectivity index (χ1v) is 9.87. The van der Waals surface area contributed by atoms with E-state index in [0.29, 0.717) is 30.0 Å². The lowest BCUT2D eigenvalue weighted by atomic mass is 10.00. The first-order chi connectivity index (χ1) is 14.6. The molecule has 1 aliphatic rings. The van der Waals surface area contributed by atoms with E-state index < -0.39 is 0 Å². The molecule has 0 saturated heterocycles. The van der Waals surface area contributed by atoms with Gasteiger partial charge in [0.1, 0.15) is 11.6 Å². The van der Waals surface area contributed by atoms with Gasteiger partial charge in [-0.25, -0.2) is 4.39 Å². The van der Waals surface area contributed by atoms with Gasteiger partial charge in [-0.3, -0.25) is 14.8 Å². The van der Waals surface area contributed by atoms with Crippen LogP contribution in [0.25, 0.3) is 11.1 Å². The van der Waals surface area contributed by atoms with Gasteiger partial charge in [-0.1, -0.05) is 12.1 Å². The number of halogens is 1. The third-order valence-electron chi connectivity index (χ3n) is 5.10. The summed E-state index contributed by atoms with van der Waals surface area (Å²) in [5.41, 5.74) is 4.95. The SMILES string of the molecule is CCOc1cc(C(=O)N[C@@H](C)c2cncc3c2CN=C3)ccc1-c1cccc(F)c1. The second-order valence-corrected chi connectivity index (χ2v) is 7.12. The fourth-order valence-corrected chi connectivity index (χ4v) is 3.61.